The second kappa shape index (κ2) is 6.44. The predicted molar refractivity (Wildman–Crippen MR) is 91.1 cm³/mol. The first-order chi connectivity index (χ1) is 11.6. The van der Waals surface area contributed by atoms with Crippen LogP contribution in [0.1, 0.15) is 12.1 Å². The zero-order valence-electron chi connectivity index (χ0n) is 13.5. The molecule has 1 unspecified atom stereocenters. The molecular weight excluding hydrogens is 328 g/mol. The van der Waals surface area contributed by atoms with Crippen LogP contribution in [0.3, 0.4) is 0 Å². The number of hydrogen-bond donors (Lipinski definition) is 1. The van der Waals surface area contributed by atoms with E-state index in [0.717, 1.165) is 38.0 Å². The second-order valence-corrected chi connectivity index (χ2v) is 8.44. The molecule has 2 saturated heterocycles. The molecule has 0 bridgehead atoms. The molecule has 1 atom stereocenters. The van der Waals surface area contributed by atoms with Crippen LogP contribution in [0.5, 0.6) is 0 Å². The van der Waals surface area contributed by atoms with E-state index in [2.05, 4.69) is 15.4 Å². The van der Waals surface area contributed by atoms with Crippen molar-refractivity contribution in [1.82, 2.24) is 19.7 Å². The van der Waals surface area contributed by atoms with Crippen LogP contribution < -0.4 is 5.32 Å². The fourth-order valence-electron chi connectivity index (χ4n) is 3.61. The summed E-state index contributed by atoms with van der Waals surface area (Å²) in [5, 5.41) is 8.07. The number of nitrogens with zero attached hydrogens (tertiary/aromatic N) is 3. The Bertz CT molecular complexity index is 814. The number of sulfonamides is 1. The summed E-state index contributed by atoms with van der Waals surface area (Å²) in [5.74, 6) is -0.0989. The van der Waals surface area contributed by atoms with E-state index in [1.807, 2.05) is 18.2 Å². The standard InChI is InChI=1S/C16H22N4O3S/c21-24(22,12-15-14-3-1-2-4-16(14)23-18-15)20-8-5-13(11-20)19-9-6-17-7-10-19/h1-4,13,17H,5-12H2. The Labute approximate surface area is 141 Å². The van der Waals surface area contributed by atoms with Gasteiger partial charge in [0.1, 0.15) is 11.4 Å². The molecule has 1 N–H and O–H groups in total. The summed E-state index contributed by atoms with van der Waals surface area (Å²) >= 11 is 0. The largest absolute Gasteiger partial charge is 0.356 e. The third-order valence-corrected chi connectivity index (χ3v) is 6.72. The molecule has 0 radical (unpaired) electrons. The van der Waals surface area contributed by atoms with Gasteiger partial charge in [0.05, 0.1) is 0 Å². The molecule has 8 heteroatoms. The molecule has 7 nitrogen and oxygen atoms in total. The molecule has 2 aromatic rings. The van der Waals surface area contributed by atoms with Crippen molar-refractivity contribution in [3.8, 4) is 0 Å². The summed E-state index contributed by atoms with van der Waals surface area (Å²) < 4.78 is 32.4. The summed E-state index contributed by atoms with van der Waals surface area (Å²) in [7, 11) is -3.38. The van der Waals surface area contributed by atoms with Gasteiger partial charge in [-0.2, -0.15) is 4.31 Å². The van der Waals surface area contributed by atoms with Crippen LogP contribution in [0.2, 0.25) is 0 Å². The molecule has 3 heterocycles. The van der Waals surface area contributed by atoms with Crippen LogP contribution in [0.4, 0.5) is 0 Å². The van der Waals surface area contributed by atoms with Crippen molar-refractivity contribution < 1.29 is 12.9 Å². The molecule has 1 aromatic heterocycles. The highest BCUT2D eigenvalue weighted by atomic mass is 32.2. The minimum Gasteiger partial charge on any atom is -0.356 e. The minimum absolute atomic E-state index is 0.0989. The van der Waals surface area contributed by atoms with Gasteiger partial charge in [-0.15, -0.1) is 0 Å². The van der Waals surface area contributed by atoms with Crippen molar-refractivity contribution in [2.24, 2.45) is 0 Å². The van der Waals surface area contributed by atoms with Crippen LogP contribution in [0.25, 0.3) is 11.0 Å². The van der Waals surface area contributed by atoms with Gasteiger partial charge in [-0.05, 0) is 18.6 Å². The van der Waals surface area contributed by atoms with E-state index in [4.69, 9.17) is 4.52 Å². The molecule has 2 aliphatic heterocycles. The molecule has 0 amide bonds. The maximum Gasteiger partial charge on any atom is 0.220 e. The maximum atomic E-state index is 12.8. The molecule has 130 valence electrons. The number of nitrogens with one attached hydrogen (secondary N) is 1. The SMILES string of the molecule is O=S(=O)(Cc1noc2ccccc12)N1CCC(N2CCNCC2)C1. The zero-order chi connectivity index (χ0) is 16.6. The Kier molecular flexibility index (Phi) is 4.29. The van der Waals surface area contributed by atoms with Gasteiger partial charge in [-0.1, -0.05) is 17.3 Å². The van der Waals surface area contributed by atoms with Crippen LogP contribution in [-0.2, 0) is 15.8 Å². The fourth-order valence-corrected chi connectivity index (χ4v) is 5.13. The Balaban J connectivity index is 1.47. The average Bonchev–Trinajstić information content (AvgIpc) is 3.24. The fraction of sp³-hybridized carbons (Fsp3) is 0.562. The first kappa shape index (κ1) is 16.0. The third-order valence-electron chi connectivity index (χ3n) is 4.96. The molecule has 0 saturated carbocycles. The average molecular weight is 350 g/mol. The number of para-hydroxylation sites is 1. The smallest absolute Gasteiger partial charge is 0.220 e. The van der Waals surface area contributed by atoms with Crippen LogP contribution >= 0.6 is 0 Å². The summed E-state index contributed by atoms with van der Waals surface area (Å²) in [6, 6.07) is 7.70. The zero-order valence-corrected chi connectivity index (χ0v) is 14.3. The highest BCUT2D eigenvalue weighted by Crippen LogP contribution is 2.24. The van der Waals surface area contributed by atoms with Crippen molar-refractivity contribution in [2.75, 3.05) is 39.3 Å². The summed E-state index contributed by atoms with van der Waals surface area (Å²) in [6.45, 7) is 5.12. The Morgan fingerprint density at radius 3 is 2.83 bits per heavy atom. The maximum absolute atomic E-state index is 12.8. The molecule has 0 spiro atoms. The molecule has 2 aliphatic rings. The molecule has 0 aliphatic carbocycles. The van der Waals surface area contributed by atoms with E-state index < -0.39 is 10.0 Å². The van der Waals surface area contributed by atoms with Gasteiger partial charge in [-0.25, -0.2) is 8.42 Å². The molecule has 24 heavy (non-hydrogen) atoms. The lowest BCUT2D eigenvalue weighted by atomic mass is 10.2. The number of rotatable bonds is 4. The lowest BCUT2D eigenvalue weighted by Crippen LogP contribution is -2.49. The lowest BCUT2D eigenvalue weighted by Gasteiger charge is -2.32. The number of hydrogen-bond acceptors (Lipinski definition) is 6. The number of fused-ring (bicyclic) bond motifs is 1. The second-order valence-electron chi connectivity index (χ2n) is 6.47. The van der Waals surface area contributed by atoms with E-state index in [0.29, 0.717) is 30.4 Å². The van der Waals surface area contributed by atoms with Crippen LogP contribution in [0.15, 0.2) is 28.8 Å². The van der Waals surface area contributed by atoms with Gasteiger partial charge >= 0.3 is 0 Å². The van der Waals surface area contributed by atoms with Crippen molar-refractivity contribution in [3.63, 3.8) is 0 Å². The highest BCUT2D eigenvalue weighted by Gasteiger charge is 2.35. The van der Waals surface area contributed by atoms with E-state index in [9.17, 15) is 8.42 Å². The Morgan fingerprint density at radius 1 is 1.21 bits per heavy atom. The summed E-state index contributed by atoms with van der Waals surface area (Å²) in [4.78, 5) is 2.40. The number of aromatic nitrogens is 1. The lowest BCUT2D eigenvalue weighted by molar-refractivity contribution is 0.179. The van der Waals surface area contributed by atoms with Gasteiger partial charge in [0.25, 0.3) is 0 Å². The first-order valence-electron chi connectivity index (χ1n) is 8.39. The third kappa shape index (κ3) is 3.06. The van der Waals surface area contributed by atoms with Gasteiger partial charge in [0.2, 0.25) is 10.0 Å². The van der Waals surface area contributed by atoms with Gasteiger partial charge in [0.15, 0.2) is 5.58 Å². The predicted octanol–water partition coefficient (Wildman–Crippen LogP) is 0.637. The van der Waals surface area contributed by atoms with Crippen molar-refractivity contribution >= 4 is 21.0 Å². The minimum atomic E-state index is -3.38. The van der Waals surface area contributed by atoms with E-state index in [1.54, 1.807) is 10.4 Å². The van der Waals surface area contributed by atoms with Crippen molar-refractivity contribution in [1.29, 1.82) is 0 Å². The normalized spacial score (nSPS) is 23.9. The topological polar surface area (TPSA) is 78.7 Å². The first-order valence-corrected chi connectivity index (χ1v) is 10.0. The quantitative estimate of drug-likeness (QED) is 0.872. The van der Waals surface area contributed by atoms with Crippen LogP contribution in [-0.4, -0.2) is 68.1 Å². The van der Waals surface area contributed by atoms with E-state index in [1.165, 1.54) is 0 Å². The number of benzene rings is 1. The van der Waals surface area contributed by atoms with E-state index >= 15 is 0 Å². The monoisotopic (exact) mass is 350 g/mol. The Morgan fingerprint density at radius 2 is 2.00 bits per heavy atom. The molecule has 1 aromatic carbocycles. The van der Waals surface area contributed by atoms with Gasteiger partial charge in [0, 0.05) is 50.7 Å². The molecule has 2 fully saturated rings. The van der Waals surface area contributed by atoms with E-state index in [-0.39, 0.29) is 5.75 Å². The summed E-state index contributed by atoms with van der Waals surface area (Å²) in [6.07, 6.45) is 0.902. The van der Waals surface area contributed by atoms with Crippen molar-refractivity contribution in [2.45, 2.75) is 18.2 Å². The summed E-state index contributed by atoms with van der Waals surface area (Å²) in [5.41, 5.74) is 1.12. The molecular formula is C16H22N4O3S. The Hall–Kier alpha value is -1.48. The van der Waals surface area contributed by atoms with Gasteiger partial charge in [-0.3, -0.25) is 4.90 Å². The van der Waals surface area contributed by atoms with Gasteiger partial charge < -0.3 is 9.84 Å². The number of piperazine rings is 1. The molecule has 4 rings (SSSR count). The van der Waals surface area contributed by atoms with Crippen molar-refractivity contribution in [3.05, 3.63) is 30.0 Å². The van der Waals surface area contributed by atoms with Crippen LogP contribution in [0, 0.1) is 0 Å². The highest BCUT2D eigenvalue weighted by molar-refractivity contribution is 7.88.